The van der Waals surface area contributed by atoms with E-state index >= 15 is 0 Å². The van der Waals surface area contributed by atoms with Crippen LogP contribution in [0.15, 0.2) is 76.8 Å². The van der Waals surface area contributed by atoms with Crippen LogP contribution in [-0.2, 0) is 14.8 Å². The number of anilines is 1. The molecule has 194 valence electrons. The average Bonchev–Trinajstić information content (AvgIpc) is 3.31. The number of amides is 1. The fourth-order valence-corrected chi connectivity index (χ4v) is 5.60. The number of nitrogens with one attached hydrogen (secondary N) is 1. The highest BCUT2D eigenvalue weighted by atomic mass is 32.2. The Morgan fingerprint density at radius 1 is 1.03 bits per heavy atom. The molecule has 0 saturated heterocycles. The van der Waals surface area contributed by atoms with Crippen LogP contribution in [0.4, 0.5) is 5.69 Å². The number of aromatic nitrogens is 3. The summed E-state index contributed by atoms with van der Waals surface area (Å²) in [5.41, 5.74) is 4.37. The smallest absolute Gasteiger partial charge is 0.242 e. The topological polar surface area (TPSA) is 121 Å². The van der Waals surface area contributed by atoms with Crippen LogP contribution in [-0.4, -0.2) is 53.2 Å². The Bertz CT molecular complexity index is 1640. The molecule has 0 aliphatic rings. The largest absolute Gasteiger partial charge is 0.325 e. The Balaban J connectivity index is 1.72. The molecule has 4 aromatic rings. The number of benzene rings is 3. The van der Waals surface area contributed by atoms with Crippen molar-refractivity contribution in [2.45, 2.75) is 23.9 Å². The minimum absolute atomic E-state index is 0.0505. The normalized spacial score (nSPS) is 11.4. The van der Waals surface area contributed by atoms with Gasteiger partial charge in [0.2, 0.25) is 15.9 Å². The molecule has 0 saturated carbocycles. The van der Waals surface area contributed by atoms with Crippen LogP contribution in [0.25, 0.3) is 17.1 Å². The maximum atomic E-state index is 12.8. The van der Waals surface area contributed by atoms with Gasteiger partial charge in [0.05, 0.1) is 28.0 Å². The van der Waals surface area contributed by atoms with E-state index in [2.05, 4.69) is 21.6 Å². The van der Waals surface area contributed by atoms with E-state index in [1.54, 1.807) is 48.5 Å². The van der Waals surface area contributed by atoms with Crippen molar-refractivity contribution in [3.63, 3.8) is 0 Å². The third-order valence-corrected chi connectivity index (χ3v) is 8.52. The van der Waals surface area contributed by atoms with E-state index in [0.717, 1.165) is 21.1 Å². The van der Waals surface area contributed by atoms with E-state index in [4.69, 9.17) is 5.26 Å². The number of nitriles is 1. The van der Waals surface area contributed by atoms with Gasteiger partial charge in [0.25, 0.3) is 0 Å². The molecule has 0 atom stereocenters. The fourth-order valence-electron chi connectivity index (χ4n) is 3.91. The number of carbonyl (C=O) groups is 1. The summed E-state index contributed by atoms with van der Waals surface area (Å²) in [4.78, 5) is 12.9. The zero-order chi connectivity index (χ0) is 27.4. The molecule has 11 heteroatoms. The van der Waals surface area contributed by atoms with Gasteiger partial charge >= 0.3 is 0 Å². The van der Waals surface area contributed by atoms with Crippen LogP contribution in [0.3, 0.4) is 0 Å². The van der Waals surface area contributed by atoms with Crippen LogP contribution in [0.1, 0.15) is 16.7 Å². The van der Waals surface area contributed by atoms with Crippen molar-refractivity contribution < 1.29 is 13.2 Å². The van der Waals surface area contributed by atoms with Gasteiger partial charge in [-0.3, -0.25) is 9.36 Å². The highest BCUT2D eigenvalue weighted by Gasteiger charge is 2.23. The first-order valence-corrected chi connectivity index (χ1v) is 14.0. The zero-order valence-electron chi connectivity index (χ0n) is 21.3. The van der Waals surface area contributed by atoms with Crippen molar-refractivity contribution in [2.24, 2.45) is 0 Å². The van der Waals surface area contributed by atoms with E-state index in [-0.39, 0.29) is 16.6 Å². The van der Waals surface area contributed by atoms with Gasteiger partial charge < -0.3 is 5.32 Å². The van der Waals surface area contributed by atoms with Gasteiger partial charge in [0.1, 0.15) is 0 Å². The minimum atomic E-state index is -3.65. The first kappa shape index (κ1) is 27.1. The molecule has 0 unspecified atom stereocenters. The van der Waals surface area contributed by atoms with Crippen molar-refractivity contribution in [3.8, 4) is 23.1 Å². The van der Waals surface area contributed by atoms with Crippen LogP contribution in [0.5, 0.6) is 0 Å². The van der Waals surface area contributed by atoms with E-state index < -0.39 is 10.0 Å². The second-order valence-electron chi connectivity index (χ2n) is 8.73. The number of rotatable bonds is 8. The number of hydrogen-bond acceptors (Lipinski definition) is 7. The summed E-state index contributed by atoms with van der Waals surface area (Å²) in [6, 6.07) is 21.2. The van der Waals surface area contributed by atoms with Crippen molar-refractivity contribution in [3.05, 3.63) is 83.4 Å². The van der Waals surface area contributed by atoms with Crippen LogP contribution in [0, 0.1) is 25.2 Å². The number of para-hydroxylation sites is 1. The molecule has 0 spiro atoms. The summed E-state index contributed by atoms with van der Waals surface area (Å²) in [6.45, 7) is 3.95. The number of nitrogens with zero attached hydrogens (tertiary/aromatic N) is 5. The van der Waals surface area contributed by atoms with Gasteiger partial charge in [-0.15, -0.1) is 10.2 Å². The second-order valence-corrected chi connectivity index (χ2v) is 11.8. The molecule has 1 aromatic heterocycles. The third kappa shape index (κ3) is 5.62. The molecule has 38 heavy (non-hydrogen) atoms. The van der Waals surface area contributed by atoms with Gasteiger partial charge in [-0.1, -0.05) is 48.2 Å². The number of hydrogen-bond donors (Lipinski definition) is 1. The molecule has 4 rings (SSSR count). The molecular formula is C27H26N6O3S2. The first-order chi connectivity index (χ1) is 18.1. The lowest BCUT2D eigenvalue weighted by Crippen LogP contribution is -2.22. The molecule has 3 aromatic carbocycles. The quantitative estimate of drug-likeness (QED) is 0.325. The molecule has 0 radical (unpaired) electrons. The van der Waals surface area contributed by atoms with Gasteiger partial charge in [-0.25, -0.2) is 12.7 Å². The number of aryl methyl sites for hydroxylation is 2. The van der Waals surface area contributed by atoms with Crippen molar-refractivity contribution in [1.29, 1.82) is 5.26 Å². The molecule has 0 fully saturated rings. The van der Waals surface area contributed by atoms with Gasteiger partial charge in [-0.2, -0.15) is 5.26 Å². The maximum Gasteiger partial charge on any atom is 0.242 e. The summed E-state index contributed by atoms with van der Waals surface area (Å²) in [5.74, 6) is 0.249. The summed E-state index contributed by atoms with van der Waals surface area (Å²) in [6.07, 6.45) is 0. The van der Waals surface area contributed by atoms with E-state index in [9.17, 15) is 13.2 Å². The molecule has 0 bridgehead atoms. The summed E-state index contributed by atoms with van der Waals surface area (Å²) < 4.78 is 28.6. The van der Waals surface area contributed by atoms with Crippen LogP contribution < -0.4 is 5.32 Å². The Kier molecular flexibility index (Phi) is 7.97. The Labute approximate surface area is 226 Å². The van der Waals surface area contributed by atoms with Crippen molar-refractivity contribution in [1.82, 2.24) is 19.1 Å². The predicted molar refractivity (Wildman–Crippen MR) is 148 cm³/mol. The van der Waals surface area contributed by atoms with E-state index in [0.29, 0.717) is 27.8 Å². The van der Waals surface area contributed by atoms with E-state index in [1.807, 2.05) is 36.6 Å². The lowest BCUT2D eigenvalue weighted by molar-refractivity contribution is -0.113. The standard InChI is InChI=1S/C27H26N6O3S2/c1-18-8-5-9-19(2)25(18)33-26(21-11-7-13-23(15-21)38(35,36)32(3)4)30-31-27(33)37-17-24(34)29-22-12-6-10-20(14-22)16-28/h5-15H,17H2,1-4H3,(H,29,34). The molecule has 1 N–H and O–H groups in total. The minimum Gasteiger partial charge on any atom is -0.325 e. The van der Waals surface area contributed by atoms with Gasteiger partial charge in [0.15, 0.2) is 11.0 Å². The van der Waals surface area contributed by atoms with Gasteiger partial charge in [-0.05, 0) is 55.3 Å². The monoisotopic (exact) mass is 546 g/mol. The van der Waals surface area contributed by atoms with Crippen molar-refractivity contribution >= 4 is 33.4 Å². The van der Waals surface area contributed by atoms with Crippen LogP contribution in [0.2, 0.25) is 0 Å². The predicted octanol–water partition coefficient (Wildman–Crippen LogP) is 4.40. The average molecular weight is 547 g/mol. The van der Waals surface area contributed by atoms with Crippen LogP contribution >= 0.6 is 11.8 Å². The lowest BCUT2D eigenvalue weighted by Gasteiger charge is -2.16. The van der Waals surface area contributed by atoms with Gasteiger partial charge in [0, 0.05) is 25.3 Å². The maximum absolute atomic E-state index is 12.8. The molecule has 0 aliphatic carbocycles. The molecule has 9 nitrogen and oxygen atoms in total. The third-order valence-electron chi connectivity index (χ3n) is 5.78. The molecular weight excluding hydrogens is 520 g/mol. The highest BCUT2D eigenvalue weighted by Crippen LogP contribution is 2.32. The molecule has 1 heterocycles. The highest BCUT2D eigenvalue weighted by molar-refractivity contribution is 7.99. The summed E-state index contributed by atoms with van der Waals surface area (Å²) in [5, 5.41) is 21.2. The Hall–Kier alpha value is -3.98. The SMILES string of the molecule is Cc1cccc(C)c1-n1c(SCC(=O)Nc2cccc(C#N)c2)nnc1-c1cccc(S(=O)(=O)N(C)C)c1. The molecule has 0 aliphatic heterocycles. The lowest BCUT2D eigenvalue weighted by atomic mass is 10.1. The number of sulfonamides is 1. The summed E-state index contributed by atoms with van der Waals surface area (Å²) in [7, 11) is -0.686. The van der Waals surface area contributed by atoms with Crippen molar-refractivity contribution in [2.75, 3.05) is 25.2 Å². The molecule has 1 amide bonds. The fraction of sp³-hybridized carbons (Fsp3) is 0.185. The number of thioether (sulfide) groups is 1. The second kappa shape index (κ2) is 11.2. The Morgan fingerprint density at radius 2 is 1.71 bits per heavy atom. The number of carbonyl (C=O) groups excluding carboxylic acids is 1. The van der Waals surface area contributed by atoms with E-state index in [1.165, 1.54) is 25.9 Å². The Morgan fingerprint density at radius 3 is 2.39 bits per heavy atom. The zero-order valence-corrected chi connectivity index (χ0v) is 23.0. The summed E-state index contributed by atoms with van der Waals surface area (Å²) >= 11 is 1.21. The first-order valence-electron chi connectivity index (χ1n) is 11.6.